The molecule has 4 nitrogen and oxygen atoms in total. The first-order valence-electron chi connectivity index (χ1n) is 5.94. The zero-order valence-corrected chi connectivity index (χ0v) is 13.0. The third-order valence-electron chi connectivity index (χ3n) is 3.02. The molecule has 0 N–H and O–H groups in total. The van der Waals surface area contributed by atoms with Crippen LogP contribution in [-0.4, -0.2) is 28.4 Å². The van der Waals surface area contributed by atoms with Gasteiger partial charge in [0.2, 0.25) is 0 Å². The van der Waals surface area contributed by atoms with Gasteiger partial charge < -0.3 is 4.74 Å². The number of fused-ring (bicyclic) bond motifs is 3. The summed E-state index contributed by atoms with van der Waals surface area (Å²) in [6, 6.07) is 0. The van der Waals surface area contributed by atoms with Gasteiger partial charge in [-0.3, -0.25) is 0 Å². The van der Waals surface area contributed by atoms with Crippen LogP contribution in [0.5, 0.6) is 0 Å². The van der Waals surface area contributed by atoms with Gasteiger partial charge in [0.25, 0.3) is 0 Å². The molecule has 0 aliphatic heterocycles. The Labute approximate surface area is 123 Å². The first-order valence-corrected chi connectivity index (χ1v) is 8.76. The highest BCUT2D eigenvalue weighted by atomic mass is 32.2. The lowest BCUT2D eigenvalue weighted by Crippen LogP contribution is -2.08. The molecule has 2 aromatic heterocycles. The summed E-state index contributed by atoms with van der Waals surface area (Å²) in [4.78, 5) is 13.9. The van der Waals surface area contributed by atoms with E-state index in [9.17, 15) is 4.79 Å². The fourth-order valence-electron chi connectivity index (χ4n) is 2.22. The van der Waals surface area contributed by atoms with Crippen molar-refractivity contribution in [2.24, 2.45) is 0 Å². The molecule has 19 heavy (non-hydrogen) atoms. The van der Waals surface area contributed by atoms with Gasteiger partial charge in [-0.1, -0.05) is 4.49 Å². The minimum atomic E-state index is -0.204. The van der Waals surface area contributed by atoms with Gasteiger partial charge in [0.15, 0.2) is 0 Å². The van der Waals surface area contributed by atoms with E-state index >= 15 is 0 Å². The number of aryl methyl sites for hydroxylation is 1. The molecule has 0 saturated carbocycles. The van der Waals surface area contributed by atoms with Crippen LogP contribution in [0.15, 0.2) is 4.21 Å². The topological polar surface area (TPSA) is 52.1 Å². The van der Waals surface area contributed by atoms with Gasteiger partial charge in [0.1, 0.15) is 4.88 Å². The summed E-state index contributed by atoms with van der Waals surface area (Å²) in [5.41, 5.74) is 3.34. The lowest BCUT2D eigenvalue weighted by atomic mass is 9.96. The Kier molecular flexibility index (Phi) is 3.60. The summed E-state index contributed by atoms with van der Waals surface area (Å²) in [6.07, 6.45) is 3.73. The highest BCUT2D eigenvalue weighted by Crippen LogP contribution is 2.47. The van der Waals surface area contributed by atoms with Crippen molar-refractivity contribution in [3.8, 4) is 10.4 Å². The number of rotatable bonds is 3. The number of ether oxygens (including phenoxy) is 1. The quantitative estimate of drug-likeness (QED) is 0.643. The molecule has 7 heteroatoms. The Morgan fingerprint density at radius 1 is 1.47 bits per heavy atom. The molecule has 1 aliphatic carbocycles. The van der Waals surface area contributed by atoms with Gasteiger partial charge in [-0.2, -0.15) is 0 Å². The molecule has 0 spiro atoms. The molecule has 0 atom stereocenters. The molecule has 0 fully saturated rings. The average Bonchev–Trinajstić information content (AvgIpc) is 3.02. The molecule has 0 unspecified atom stereocenters. The predicted octanol–water partition coefficient (Wildman–Crippen LogP) is 3.26. The lowest BCUT2D eigenvalue weighted by molar-refractivity contribution is 0.0531. The molecule has 2 heterocycles. The second-order valence-corrected chi connectivity index (χ2v) is 6.90. The molecule has 1 aliphatic rings. The van der Waals surface area contributed by atoms with E-state index in [4.69, 9.17) is 4.74 Å². The summed E-state index contributed by atoms with van der Waals surface area (Å²) < 4.78 is 10.4. The van der Waals surface area contributed by atoms with Crippen LogP contribution in [0.3, 0.4) is 0 Å². The molecular weight excluding hydrogens is 300 g/mol. The van der Waals surface area contributed by atoms with Crippen LogP contribution in [0.1, 0.15) is 27.9 Å². The number of nitrogens with zero attached hydrogens (tertiary/aromatic N) is 2. The maximum atomic E-state index is 12.0. The van der Waals surface area contributed by atoms with Gasteiger partial charge in [-0.25, -0.2) is 4.79 Å². The minimum absolute atomic E-state index is 0.204. The SMILES string of the molecule is CCOC(=O)c1sc(SC)c2c1CCc1nnsc1-2. The smallest absolute Gasteiger partial charge is 0.348 e. The summed E-state index contributed by atoms with van der Waals surface area (Å²) >= 11 is 4.61. The largest absolute Gasteiger partial charge is 0.462 e. The van der Waals surface area contributed by atoms with Crippen LogP contribution >= 0.6 is 34.6 Å². The first kappa shape index (κ1) is 13.1. The zero-order chi connectivity index (χ0) is 13.4. The Hall–Kier alpha value is -0.920. The Balaban J connectivity index is 2.15. The van der Waals surface area contributed by atoms with Gasteiger partial charge in [-0.15, -0.1) is 28.2 Å². The third kappa shape index (κ3) is 2.09. The summed E-state index contributed by atoms with van der Waals surface area (Å²) in [5.74, 6) is -0.204. The van der Waals surface area contributed by atoms with Crippen LogP contribution in [0.25, 0.3) is 10.4 Å². The molecular formula is C12H12N2O2S3. The fourth-order valence-corrected chi connectivity index (χ4v) is 5.13. The van der Waals surface area contributed by atoms with Gasteiger partial charge in [-0.05, 0) is 43.1 Å². The van der Waals surface area contributed by atoms with E-state index in [1.807, 2.05) is 13.2 Å². The van der Waals surface area contributed by atoms with E-state index in [2.05, 4.69) is 9.59 Å². The Morgan fingerprint density at radius 2 is 2.32 bits per heavy atom. The highest BCUT2D eigenvalue weighted by molar-refractivity contribution is 8.00. The second kappa shape index (κ2) is 5.22. The van der Waals surface area contributed by atoms with Gasteiger partial charge in [0, 0.05) is 5.56 Å². The molecule has 0 aromatic carbocycles. The van der Waals surface area contributed by atoms with Crippen LogP contribution in [-0.2, 0) is 17.6 Å². The number of hydrogen-bond donors (Lipinski definition) is 0. The van der Waals surface area contributed by atoms with E-state index in [1.165, 1.54) is 22.9 Å². The van der Waals surface area contributed by atoms with E-state index in [0.29, 0.717) is 6.61 Å². The van der Waals surface area contributed by atoms with E-state index in [0.717, 1.165) is 43.6 Å². The molecule has 100 valence electrons. The monoisotopic (exact) mass is 312 g/mol. The van der Waals surface area contributed by atoms with E-state index in [-0.39, 0.29) is 5.97 Å². The predicted molar refractivity (Wildman–Crippen MR) is 78.4 cm³/mol. The summed E-state index contributed by atoms with van der Waals surface area (Å²) in [5, 5.41) is 4.17. The molecule has 0 amide bonds. The van der Waals surface area contributed by atoms with Crippen molar-refractivity contribution in [1.82, 2.24) is 9.59 Å². The first-order chi connectivity index (χ1) is 9.26. The fraction of sp³-hybridized carbons (Fsp3) is 0.417. The van der Waals surface area contributed by atoms with Crippen molar-refractivity contribution < 1.29 is 9.53 Å². The maximum absolute atomic E-state index is 12.0. The van der Waals surface area contributed by atoms with Gasteiger partial charge >= 0.3 is 5.97 Å². The van der Waals surface area contributed by atoms with Crippen LogP contribution in [0.4, 0.5) is 0 Å². The van der Waals surface area contributed by atoms with Crippen LogP contribution < -0.4 is 0 Å². The molecule has 2 aromatic rings. The second-order valence-electron chi connectivity index (χ2n) is 4.05. The molecule has 0 bridgehead atoms. The number of thiophene rings is 1. The Bertz CT molecular complexity index is 633. The zero-order valence-electron chi connectivity index (χ0n) is 10.6. The van der Waals surface area contributed by atoms with E-state index in [1.54, 1.807) is 11.8 Å². The number of carbonyl (C=O) groups is 1. The van der Waals surface area contributed by atoms with Crippen LogP contribution in [0, 0.1) is 0 Å². The summed E-state index contributed by atoms with van der Waals surface area (Å²) in [6.45, 7) is 2.24. The van der Waals surface area contributed by atoms with Gasteiger partial charge in [0.05, 0.1) is 21.4 Å². The molecule has 0 saturated heterocycles. The molecule has 3 rings (SSSR count). The van der Waals surface area contributed by atoms with Crippen molar-refractivity contribution in [3.05, 3.63) is 16.1 Å². The Morgan fingerprint density at radius 3 is 3.05 bits per heavy atom. The molecule has 0 radical (unpaired) electrons. The summed E-state index contributed by atoms with van der Waals surface area (Å²) in [7, 11) is 0. The van der Waals surface area contributed by atoms with Crippen molar-refractivity contribution in [1.29, 1.82) is 0 Å². The normalized spacial score (nSPS) is 12.9. The van der Waals surface area contributed by atoms with Crippen molar-refractivity contribution >= 4 is 40.6 Å². The third-order valence-corrected chi connectivity index (χ3v) is 6.13. The highest BCUT2D eigenvalue weighted by Gasteiger charge is 2.30. The van der Waals surface area contributed by atoms with E-state index < -0.39 is 0 Å². The maximum Gasteiger partial charge on any atom is 0.348 e. The number of thioether (sulfide) groups is 1. The number of aromatic nitrogens is 2. The number of esters is 1. The van der Waals surface area contributed by atoms with Crippen molar-refractivity contribution in [3.63, 3.8) is 0 Å². The average molecular weight is 312 g/mol. The number of carbonyl (C=O) groups excluding carboxylic acids is 1. The van der Waals surface area contributed by atoms with Crippen molar-refractivity contribution in [2.45, 2.75) is 24.0 Å². The van der Waals surface area contributed by atoms with Crippen molar-refractivity contribution in [2.75, 3.05) is 12.9 Å². The standard InChI is InChI=1S/C12H12N2O2S3/c1-3-16-11(15)9-6-4-5-7-10(19-14-13-7)8(6)12(17-2)18-9/h3-5H2,1-2H3. The lowest BCUT2D eigenvalue weighted by Gasteiger charge is -2.12. The van der Waals surface area contributed by atoms with Crippen LogP contribution in [0.2, 0.25) is 0 Å². The number of hydrogen-bond acceptors (Lipinski definition) is 7. The minimum Gasteiger partial charge on any atom is -0.462 e.